The second kappa shape index (κ2) is 7.91. The Bertz CT molecular complexity index is 568. The predicted molar refractivity (Wildman–Crippen MR) is 85.6 cm³/mol. The molecule has 1 N–H and O–H groups in total. The monoisotopic (exact) mass is 290 g/mol. The highest BCUT2D eigenvalue weighted by molar-refractivity contribution is 5.97. The molecule has 2 heterocycles. The highest BCUT2D eigenvalue weighted by Crippen LogP contribution is 2.21. The van der Waals surface area contributed by atoms with Crippen LogP contribution in [0.5, 0.6) is 0 Å². The van der Waals surface area contributed by atoms with E-state index in [9.17, 15) is 4.79 Å². The quantitative estimate of drug-likeness (QED) is 0.698. The van der Waals surface area contributed by atoms with Crippen molar-refractivity contribution in [3.05, 3.63) is 24.1 Å². The number of aromatic nitrogens is 1. The Morgan fingerprint density at radius 2 is 2.00 bits per heavy atom. The Labute approximate surface area is 126 Å². The Morgan fingerprint density at radius 3 is 2.76 bits per heavy atom. The minimum Gasteiger partial charge on any atom is -0.463 e. The van der Waals surface area contributed by atoms with Gasteiger partial charge in [-0.05, 0) is 12.8 Å². The number of rotatable bonds is 9. The highest BCUT2D eigenvalue weighted by Gasteiger charge is 2.16. The average Bonchev–Trinajstić information content (AvgIpc) is 3.06. The second-order valence-corrected chi connectivity index (χ2v) is 5.52. The van der Waals surface area contributed by atoms with Gasteiger partial charge in [-0.2, -0.15) is 0 Å². The van der Waals surface area contributed by atoms with Gasteiger partial charge >= 0.3 is 0 Å². The van der Waals surface area contributed by atoms with Crippen LogP contribution in [0.4, 0.5) is 0 Å². The number of hydrogen-bond acceptors (Lipinski definition) is 2. The molecule has 0 spiro atoms. The van der Waals surface area contributed by atoms with E-state index >= 15 is 0 Å². The fourth-order valence-corrected chi connectivity index (χ4v) is 2.57. The van der Waals surface area contributed by atoms with E-state index in [1.165, 1.54) is 19.3 Å². The van der Waals surface area contributed by atoms with Gasteiger partial charge in [0.1, 0.15) is 5.69 Å². The lowest BCUT2D eigenvalue weighted by Gasteiger charge is -2.10. The number of fused-ring (bicyclic) bond motifs is 1. The van der Waals surface area contributed by atoms with Crippen LogP contribution in [-0.4, -0.2) is 17.0 Å². The van der Waals surface area contributed by atoms with Gasteiger partial charge in [0.05, 0.1) is 11.8 Å². The number of nitrogens with one attached hydrogen (secondary N) is 1. The molecular weight excluding hydrogens is 264 g/mol. The largest absolute Gasteiger partial charge is 0.463 e. The van der Waals surface area contributed by atoms with E-state index in [1.807, 2.05) is 12.1 Å². The molecule has 0 aliphatic carbocycles. The minimum absolute atomic E-state index is 0.00833. The molecule has 0 aliphatic rings. The summed E-state index contributed by atoms with van der Waals surface area (Å²) in [4.78, 5) is 12.4. The molecule has 0 unspecified atom stereocenters. The lowest BCUT2D eigenvalue weighted by molar-refractivity contribution is 0.0944. The van der Waals surface area contributed by atoms with E-state index in [0.717, 1.165) is 43.5 Å². The number of nitrogens with zero attached hydrogens (tertiary/aromatic N) is 1. The molecule has 2 rings (SSSR count). The first kappa shape index (κ1) is 15.7. The van der Waals surface area contributed by atoms with Crippen LogP contribution in [0.15, 0.2) is 22.8 Å². The predicted octanol–water partition coefficient (Wildman–Crippen LogP) is 4.34. The van der Waals surface area contributed by atoms with Gasteiger partial charge in [-0.15, -0.1) is 0 Å². The van der Waals surface area contributed by atoms with Crippen molar-refractivity contribution in [2.45, 2.75) is 58.9 Å². The summed E-state index contributed by atoms with van der Waals surface area (Å²) in [5, 5.41) is 3.02. The molecule has 0 aromatic carbocycles. The maximum atomic E-state index is 12.4. The van der Waals surface area contributed by atoms with Crippen LogP contribution < -0.4 is 5.32 Å². The molecule has 0 saturated heterocycles. The van der Waals surface area contributed by atoms with E-state index in [1.54, 1.807) is 6.26 Å². The number of aryl methyl sites for hydroxylation is 1. The Balaban J connectivity index is 2.01. The smallest absolute Gasteiger partial charge is 0.268 e. The Hall–Kier alpha value is -1.71. The summed E-state index contributed by atoms with van der Waals surface area (Å²) in [6, 6.07) is 3.79. The molecule has 0 aliphatic heterocycles. The van der Waals surface area contributed by atoms with Gasteiger partial charge in [-0.25, -0.2) is 0 Å². The van der Waals surface area contributed by atoms with Crippen molar-refractivity contribution in [3.8, 4) is 0 Å². The molecule has 0 atom stereocenters. The van der Waals surface area contributed by atoms with Crippen LogP contribution in [0.3, 0.4) is 0 Å². The number of hydrogen-bond donors (Lipinski definition) is 1. The van der Waals surface area contributed by atoms with E-state index in [2.05, 4.69) is 23.7 Å². The molecule has 2 aromatic rings. The first-order chi connectivity index (χ1) is 10.3. The fraction of sp³-hybridized carbons (Fsp3) is 0.588. The van der Waals surface area contributed by atoms with E-state index < -0.39 is 0 Å². The van der Waals surface area contributed by atoms with Crippen molar-refractivity contribution in [3.63, 3.8) is 0 Å². The second-order valence-electron chi connectivity index (χ2n) is 5.52. The molecule has 0 fully saturated rings. The Kier molecular flexibility index (Phi) is 5.90. The number of carbonyl (C=O) groups is 1. The van der Waals surface area contributed by atoms with Gasteiger partial charge in [0.15, 0.2) is 5.58 Å². The molecule has 4 nitrogen and oxygen atoms in total. The summed E-state index contributed by atoms with van der Waals surface area (Å²) in [7, 11) is 0. The van der Waals surface area contributed by atoms with E-state index in [0.29, 0.717) is 5.69 Å². The zero-order valence-corrected chi connectivity index (χ0v) is 13.2. The standard InChI is InChI=1S/C17H26N2O2/c1-3-5-7-8-10-18-17(20)15-13-16-14(9-12-21-16)19(15)11-6-4-2/h9,12-13H,3-8,10-11H2,1-2H3,(H,18,20). The van der Waals surface area contributed by atoms with Gasteiger partial charge in [-0.1, -0.05) is 39.5 Å². The highest BCUT2D eigenvalue weighted by atomic mass is 16.3. The Morgan fingerprint density at radius 1 is 1.19 bits per heavy atom. The maximum Gasteiger partial charge on any atom is 0.268 e. The van der Waals surface area contributed by atoms with E-state index in [4.69, 9.17) is 4.42 Å². The third-order valence-electron chi connectivity index (χ3n) is 3.81. The average molecular weight is 290 g/mol. The van der Waals surface area contributed by atoms with Gasteiger partial charge < -0.3 is 14.3 Å². The lowest BCUT2D eigenvalue weighted by atomic mass is 10.2. The van der Waals surface area contributed by atoms with Crippen LogP contribution in [0.2, 0.25) is 0 Å². The molecule has 116 valence electrons. The van der Waals surface area contributed by atoms with Crippen molar-refractivity contribution < 1.29 is 9.21 Å². The minimum atomic E-state index is 0.00833. The summed E-state index contributed by atoms with van der Waals surface area (Å²) in [6.07, 6.45) is 8.52. The molecule has 21 heavy (non-hydrogen) atoms. The van der Waals surface area contributed by atoms with Crippen LogP contribution in [0.1, 0.15) is 62.9 Å². The number of furan rings is 1. The van der Waals surface area contributed by atoms with Crippen LogP contribution in [-0.2, 0) is 6.54 Å². The van der Waals surface area contributed by atoms with Gasteiger partial charge in [-0.3, -0.25) is 4.79 Å². The SMILES string of the molecule is CCCCCCNC(=O)c1cc2occc2n1CCCC. The van der Waals surface area contributed by atoms with Gasteiger partial charge in [0.25, 0.3) is 5.91 Å². The summed E-state index contributed by atoms with van der Waals surface area (Å²) >= 11 is 0. The molecule has 0 radical (unpaired) electrons. The van der Waals surface area contributed by atoms with E-state index in [-0.39, 0.29) is 5.91 Å². The first-order valence-corrected chi connectivity index (χ1v) is 8.12. The first-order valence-electron chi connectivity index (χ1n) is 8.12. The zero-order valence-electron chi connectivity index (χ0n) is 13.2. The molecule has 0 bridgehead atoms. The zero-order chi connectivity index (χ0) is 15.1. The van der Waals surface area contributed by atoms with Crippen LogP contribution in [0, 0.1) is 0 Å². The maximum absolute atomic E-state index is 12.4. The molecule has 4 heteroatoms. The number of carbonyl (C=O) groups excluding carboxylic acids is 1. The van der Waals surface area contributed by atoms with Crippen molar-refractivity contribution in [2.75, 3.05) is 6.54 Å². The van der Waals surface area contributed by atoms with Crippen molar-refractivity contribution in [1.82, 2.24) is 9.88 Å². The third kappa shape index (κ3) is 3.90. The summed E-state index contributed by atoms with van der Waals surface area (Å²) < 4.78 is 7.50. The molecule has 0 saturated carbocycles. The van der Waals surface area contributed by atoms with Crippen LogP contribution in [0.25, 0.3) is 11.1 Å². The number of amides is 1. The summed E-state index contributed by atoms with van der Waals surface area (Å²) in [5.74, 6) is 0.00833. The van der Waals surface area contributed by atoms with Gasteiger partial charge in [0, 0.05) is 25.2 Å². The third-order valence-corrected chi connectivity index (χ3v) is 3.81. The summed E-state index contributed by atoms with van der Waals surface area (Å²) in [6.45, 7) is 5.95. The molecule has 1 amide bonds. The molecular formula is C17H26N2O2. The normalized spacial score (nSPS) is 11.1. The molecule has 2 aromatic heterocycles. The van der Waals surface area contributed by atoms with Crippen molar-refractivity contribution in [1.29, 1.82) is 0 Å². The van der Waals surface area contributed by atoms with Crippen LogP contribution >= 0.6 is 0 Å². The topological polar surface area (TPSA) is 47.2 Å². The number of unbranched alkanes of at least 4 members (excludes halogenated alkanes) is 4. The lowest BCUT2D eigenvalue weighted by Crippen LogP contribution is -2.26. The summed E-state index contributed by atoms with van der Waals surface area (Å²) in [5.41, 5.74) is 2.52. The van der Waals surface area contributed by atoms with Crippen molar-refractivity contribution in [2.24, 2.45) is 0 Å². The van der Waals surface area contributed by atoms with Crippen molar-refractivity contribution >= 4 is 17.0 Å². The fourth-order valence-electron chi connectivity index (χ4n) is 2.57. The van der Waals surface area contributed by atoms with Gasteiger partial charge in [0.2, 0.25) is 0 Å².